The second kappa shape index (κ2) is 9.11. The highest BCUT2D eigenvalue weighted by Crippen LogP contribution is 2.26. The van der Waals surface area contributed by atoms with Crippen LogP contribution in [-0.2, 0) is 14.8 Å². The van der Waals surface area contributed by atoms with Crippen molar-refractivity contribution in [2.75, 3.05) is 13.7 Å². The molecule has 1 unspecified atom stereocenters. The number of aryl methyl sites for hydroxylation is 1. The van der Waals surface area contributed by atoms with Gasteiger partial charge in [0.05, 0.1) is 18.0 Å². The predicted molar refractivity (Wildman–Crippen MR) is 100 cm³/mol. The average molecular weight is 412 g/mol. The van der Waals surface area contributed by atoms with Crippen molar-refractivity contribution >= 4 is 15.9 Å². The van der Waals surface area contributed by atoms with Crippen LogP contribution in [0.3, 0.4) is 0 Å². The van der Waals surface area contributed by atoms with Gasteiger partial charge in [-0.15, -0.1) is 0 Å². The molecule has 0 fully saturated rings. The molecule has 1 atom stereocenters. The van der Waals surface area contributed by atoms with Gasteiger partial charge in [-0.05, 0) is 38.1 Å². The maximum atomic E-state index is 13.2. The number of carbonyl (C=O) groups excluding carboxylic acids is 1. The Hall–Kier alpha value is -2.52. The van der Waals surface area contributed by atoms with E-state index < -0.39 is 26.6 Å². The molecule has 2 aromatic carbocycles. The van der Waals surface area contributed by atoms with E-state index in [-0.39, 0.29) is 24.9 Å². The Balaban J connectivity index is 1.93. The van der Waals surface area contributed by atoms with E-state index in [1.165, 1.54) is 7.11 Å². The van der Waals surface area contributed by atoms with Gasteiger partial charge in [-0.2, -0.15) is 0 Å². The fourth-order valence-electron chi connectivity index (χ4n) is 2.61. The lowest BCUT2D eigenvalue weighted by Gasteiger charge is -2.18. The molecule has 2 aromatic rings. The van der Waals surface area contributed by atoms with Crippen LogP contribution in [0.25, 0.3) is 0 Å². The first kappa shape index (κ1) is 21.8. The summed E-state index contributed by atoms with van der Waals surface area (Å²) in [6.45, 7) is 3.52. The molecule has 0 spiro atoms. The summed E-state index contributed by atoms with van der Waals surface area (Å²) in [5.41, 5.74) is 1.81. The maximum absolute atomic E-state index is 13.2. The first-order chi connectivity index (χ1) is 13.1. The Morgan fingerprint density at radius 1 is 1.14 bits per heavy atom. The average Bonchev–Trinajstić information content (AvgIpc) is 2.63. The second-order valence-corrected chi connectivity index (χ2v) is 8.03. The number of amides is 1. The molecule has 0 aliphatic rings. The number of hydrogen-bond acceptors (Lipinski definition) is 4. The lowest BCUT2D eigenvalue weighted by Crippen LogP contribution is -2.32. The van der Waals surface area contributed by atoms with Gasteiger partial charge < -0.3 is 10.1 Å². The van der Waals surface area contributed by atoms with Crippen LogP contribution in [0.5, 0.6) is 5.75 Å². The molecular weight excluding hydrogens is 390 g/mol. The minimum absolute atomic E-state index is 0.124. The van der Waals surface area contributed by atoms with Crippen LogP contribution < -0.4 is 14.8 Å². The Morgan fingerprint density at radius 3 is 2.50 bits per heavy atom. The summed E-state index contributed by atoms with van der Waals surface area (Å²) in [5, 5.41) is 2.78. The minimum atomic E-state index is -4.05. The summed E-state index contributed by atoms with van der Waals surface area (Å²) < 4.78 is 57.8. The van der Waals surface area contributed by atoms with E-state index in [4.69, 9.17) is 4.74 Å². The summed E-state index contributed by atoms with van der Waals surface area (Å²) in [6, 6.07) is 7.53. The topological polar surface area (TPSA) is 84.5 Å². The van der Waals surface area contributed by atoms with Crippen LogP contribution in [0.1, 0.15) is 30.5 Å². The standard InChI is InChI=1S/C19H22F2N2O4S/c1-12-4-7-18(27-3)15(10-12)13(2)23-19(24)8-9-22-28(25,26)14-5-6-16(20)17(21)11-14/h4-7,10-11,13,22H,8-9H2,1-3H3,(H,23,24). The fraction of sp³-hybridized carbons (Fsp3) is 0.316. The van der Waals surface area contributed by atoms with Crippen LogP contribution in [0, 0.1) is 18.6 Å². The molecule has 0 aliphatic carbocycles. The first-order valence-corrected chi connectivity index (χ1v) is 10.0. The van der Waals surface area contributed by atoms with Gasteiger partial charge in [0.2, 0.25) is 15.9 Å². The highest BCUT2D eigenvalue weighted by atomic mass is 32.2. The number of nitrogens with one attached hydrogen (secondary N) is 2. The molecule has 9 heteroatoms. The third-order valence-electron chi connectivity index (χ3n) is 4.07. The van der Waals surface area contributed by atoms with Gasteiger partial charge >= 0.3 is 0 Å². The second-order valence-electron chi connectivity index (χ2n) is 6.26. The monoisotopic (exact) mass is 412 g/mol. The summed E-state index contributed by atoms with van der Waals surface area (Å²) in [6.07, 6.45) is -0.124. The van der Waals surface area contributed by atoms with E-state index in [0.717, 1.165) is 23.3 Å². The summed E-state index contributed by atoms with van der Waals surface area (Å²) in [5.74, 6) is -2.14. The van der Waals surface area contributed by atoms with E-state index in [0.29, 0.717) is 11.8 Å². The Morgan fingerprint density at radius 2 is 1.86 bits per heavy atom. The van der Waals surface area contributed by atoms with Gasteiger partial charge in [-0.1, -0.05) is 17.7 Å². The first-order valence-electron chi connectivity index (χ1n) is 8.52. The van der Waals surface area contributed by atoms with E-state index in [1.54, 1.807) is 6.92 Å². The third-order valence-corrected chi connectivity index (χ3v) is 5.53. The van der Waals surface area contributed by atoms with E-state index in [1.807, 2.05) is 25.1 Å². The van der Waals surface area contributed by atoms with Crippen molar-refractivity contribution in [2.24, 2.45) is 0 Å². The number of ether oxygens (including phenoxy) is 1. The summed E-state index contributed by atoms with van der Waals surface area (Å²) >= 11 is 0. The number of methoxy groups -OCH3 is 1. The van der Waals surface area contributed by atoms with E-state index in [2.05, 4.69) is 10.0 Å². The summed E-state index contributed by atoms with van der Waals surface area (Å²) in [7, 11) is -2.51. The molecule has 0 saturated heterocycles. The predicted octanol–water partition coefficient (Wildman–Crippen LogP) is 2.83. The van der Waals surface area contributed by atoms with Crippen LogP contribution in [0.15, 0.2) is 41.3 Å². The number of hydrogen-bond donors (Lipinski definition) is 2. The molecule has 2 rings (SSSR count). The molecule has 0 aliphatic heterocycles. The Kier molecular flexibility index (Phi) is 7.09. The van der Waals surface area contributed by atoms with Crippen molar-refractivity contribution in [3.05, 3.63) is 59.2 Å². The SMILES string of the molecule is COc1ccc(C)cc1C(C)NC(=O)CCNS(=O)(=O)c1ccc(F)c(F)c1. The molecular formula is C19H22F2N2O4S. The summed E-state index contributed by atoms with van der Waals surface area (Å²) in [4.78, 5) is 11.7. The van der Waals surface area contributed by atoms with Crippen molar-refractivity contribution in [1.29, 1.82) is 0 Å². The quantitative estimate of drug-likeness (QED) is 0.698. The van der Waals surface area contributed by atoms with E-state index in [9.17, 15) is 22.0 Å². The zero-order valence-electron chi connectivity index (χ0n) is 15.8. The van der Waals surface area contributed by atoms with Gasteiger partial charge in [0.1, 0.15) is 5.75 Å². The minimum Gasteiger partial charge on any atom is -0.496 e. The molecule has 0 heterocycles. The smallest absolute Gasteiger partial charge is 0.240 e. The Labute approximate surface area is 163 Å². The third kappa shape index (κ3) is 5.49. The van der Waals surface area contributed by atoms with Crippen LogP contribution in [-0.4, -0.2) is 28.0 Å². The number of rotatable bonds is 8. The number of carbonyl (C=O) groups is 1. The molecule has 2 N–H and O–H groups in total. The van der Waals surface area contributed by atoms with Gasteiger partial charge in [-0.3, -0.25) is 4.79 Å². The van der Waals surface area contributed by atoms with Crippen molar-refractivity contribution in [3.8, 4) is 5.75 Å². The van der Waals surface area contributed by atoms with Crippen LogP contribution in [0.2, 0.25) is 0 Å². The lowest BCUT2D eigenvalue weighted by molar-refractivity contribution is -0.121. The maximum Gasteiger partial charge on any atom is 0.240 e. The number of halogens is 2. The number of benzene rings is 2. The fourth-order valence-corrected chi connectivity index (χ4v) is 3.65. The Bertz CT molecular complexity index is 964. The molecule has 152 valence electrons. The lowest BCUT2D eigenvalue weighted by atomic mass is 10.0. The number of sulfonamides is 1. The van der Waals surface area contributed by atoms with Crippen molar-refractivity contribution < 1.29 is 26.7 Å². The largest absolute Gasteiger partial charge is 0.496 e. The van der Waals surface area contributed by atoms with Crippen molar-refractivity contribution in [3.63, 3.8) is 0 Å². The molecule has 0 saturated carbocycles. The van der Waals surface area contributed by atoms with Gasteiger partial charge in [0, 0.05) is 18.5 Å². The molecule has 0 aromatic heterocycles. The van der Waals surface area contributed by atoms with Crippen molar-refractivity contribution in [2.45, 2.75) is 31.2 Å². The highest BCUT2D eigenvalue weighted by molar-refractivity contribution is 7.89. The normalized spacial score (nSPS) is 12.5. The van der Waals surface area contributed by atoms with Gasteiger partial charge in [0.25, 0.3) is 0 Å². The van der Waals surface area contributed by atoms with Crippen LogP contribution in [0.4, 0.5) is 8.78 Å². The zero-order chi connectivity index (χ0) is 20.9. The van der Waals surface area contributed by atoms with Gasteiger partial charge in [0.15, 0.2) is 11.6 Å². The van der Waals surface area contributed by atoms with Crippen molar-refractivity contribution in [1.82, 2.24) is 10.0 Å². The molecule has 28 heavy (non-hydrogen) atoms. The van der Waals surface area contributed by atoms with E-state index >= 15 is 0 Å². The zero-order valence-corrected chi connectivity index (χ0v) is 16.6. The molecule has 1 amide bonds. The highest BCUT2D eigenvalue weighted by Gasteiger charge is 2.18. The molecule has 6 nitrogen and oxygen atoms in total. The van der Waals surface area contributed by atoms with Gasteiger partial charge in [-0.25, -0.2) is 21.9 Å². The van der Waals surface area contributed by atoms with Crippen LogP contribution >= 0.6 is 0 Å². The molecule has 0 bridgehead atoms. The molecule has 0 radical (unpaired) electrons.